The number of hydrogen-bond acceptors (Lipinski definition) is 2. The first-order chi connectivity index (χ1) is 9.16. The molecule has 3 aromatic rings. The molecular formula is C14H13N4O+. The van der Waals surface area contributed by atoms with Crippen molar-refractivity contribution in [1.29, 1.82) is 0 Å². The first-order valence-corrected chi connectivity index (χ1v) is 5.92. The van der Waals surface area contributed by atoms with Crippen LogP contribution in [0.4, 0.5) is 0 Å². The Labute approximate surface area is 109 Å². The molecule has 0 saturated heterocycles. The molecule has 0 spiro atoms. The van der Waals surface area contributed by atoms with Gasteiger partial charge in [-0.3, -0.25) is 4.79 Å². The highest BCUT2D eigenvalue weighted by atomic mass is 16.1. The molecule has 0 aliphatic rings. The van der Waals surface area contributed by atoms with Crippen LogP contribution in [-0.4, -0.2) is 16.0 Å². The molecule has 0 saturated carbocycles. The van der Waals surface area contributed by atoms with Gasteiger partial charge in [-0.1, -0.05) is 23.8 Å². The van der Waals surface area contributed by atoms with E-state index in [-0.39, 0.29) is 0 Å². The van der Waals surface area contributed by atoms with E-state index in [2.05, 4.69) is 16.1 Å². The van der Waals surface area contributed by atoms with Crippen molar-refractivity contribution >= 4 is 11.6 Å². The Morgan fingerprint density at radius 1 is 1.37 bits per heavy atom. The molecule has 3 rings (SSSR count). The van der Waals surface area contributed by atoms with Gasteiger partial charge in [0, 0.05) is 11.6 Å². The molecule has 0 aliphatic heterocycles. The van der Waals surface area contributed by atoms with E-state index in [0.717, 1.165) is 11.3 Å². The van der Waals surface area contributed by atoms with Crippen LogP contribution in [0.15, 0.2) is 42.7 Å². The molecule has 0 fully saturated rings. The summed E-state index contributed by atoms with van der Waals surface area (Å²) in [5.41, 5.74) is 9.40. The summed E-state index contributed by atoms with van der Waals surface area (Å²) in [7, 11) is 0. The maximum atomic E-state index is 11.3. The minimum atomic E-state index is -0.493. The zero-order valence-electron chi connectivity index (χ0n) is 10.4. The molecule has 5 heteroatoms. The van der Waals surface area contributed by atoms with E-state index < -0.39 is 5.91 Å². The number of nitrogens with zero attached hydrogens (tertiary/aromatic N) is 2. The largest absolute Gasteiger partial charge is 0.365 e. The highest BCUT2D eigenvalue weighted by Gasteiger charge is 2.20. The summed E-state index contributed by atoms with van der Waals surface area (Å²) in [5.74, 6) is -0.493. The molecule has 5 nitrogen and oxygen atoms in total. The minimum Gasteiger partial charge on any atom is -0.365 e. The Hall–Kier alpha value is -2.69. The second-order valence-electron chi connectivity index (χ2n) is 4.41. The van der Waals surface area contributed by atoms with Crippen LogP contribution in [0.2, 0.25) is 0 Å². The highest BCUT2D eigenvalue weighted by molar-refractivity contribution is 5.97. The van der Waals surface area contributed by atoms with Gasteiger partial charge in [0.25, 0.3) is 5.91 Å². The number of primary amides is 1. The maximum absolute atomic E-state index is 11.3. The van der Waals surface area contributed by atoms with Crippen molar-refractivity contribution in [2.45, 2.75) is 6.92 Å². The van der Waals surface area contributed by atoms with Gasteiger partial charge in [-0.25, -0.2) is 5.10 Å². The number of carbonyl (C=O) groups excluding carboxylic acids is 1. The van der Waals surface area contributed by atoms with Crippen molar-refractivity contribution in [3.63, 3.8) is 0 Å². The van der Waals surface area contributed by atoms with E-state index in [1.54, 1.807) is 16.9 Å². The predicted molar refractivity (Wildman–Crippen MR) is 70.4 cm³/mol. The van der Waals surface area contributed by atoms with Gasteiger partial charge in [-0.15, -0.1) is 4.52 Å². The van der Waals surface area contributed by atoms with E-state index >= 15 is 0 Å². The number of hydrogen-bond donors (Lipinski definition) is 2. The van der Waals surface area contributed by atoms with Crippen molar-refractivity contribution in [1.82, 2.24) is 10.1 Å². The van der Waals surface area contributed by atoms with Crippen molar-refractivity contribution in [2.75, 3.05) is 0 Å². The third kappa shape index (κ3) is 1.85. The number of aromatic amines is 1. The van der Waals surface area contributed by atoms with Gasteiger partial charge in [0.15, 0.2) is 11.3 Å². The number of rotatable bonds is 2. The lowest BCUT2D eigenvalue weighted by molar-refractivity contribution is -0.567. The topological polar surface area (TPSA) is 75.9 Å². The molecule has 1 aromatic carbocycles. The summed E-state index contributed by atoms with van der Waals surface area (Å²) in [5, 5.41) is 3.01. The zero-order valence-corrected chi connectivity index (χ0v) is 10.4. The molecular weight excluding hydrogens is 240 g/mol. The number of carbonyl (C=O) groups is 1. The molecule has 3 N–H and O–H groups in total. The maximum Gasteiger partial charge on any atom is 0.361 e. The standard InChI is InChI=1S/C14H12N4O/c1-9-3-2-4-10(7-9)12-5-6-16-14-11(13(15)19)8-17-18(12)14/h2-8H,1H3,(H2,15,19)/p+1. The van der Waals surface area contributed by atoms with Crippen LogP contribution in [0.3, 0.4) is 0 Å². The summed E-state index contributed by atoms with van der Waals surface area (Å²) in [4.78, 5) is 15.5. The fourth-order valence-corrected chi connectivity index (χ4v) is 2.15. The molecule has 0 unspecified atom stereocenters. The Balaban J connectivity index is 2.28. The predicted octanol–water partition coefficient (Wildman–Crippen LogP) is 1.22. The van der Waals surface area contributed by atoms with Crippen LogP contribution in [0, 0.1) is 6.92 Å². The zero-order chi connectivity index (χ0) is 13.4. The number of H-pyrrole nitrogens is 1. The summed E-state index contributed by atoms with van der Waals surface area (Å²) in [6.07, 6.45) is 3.25. The Bertz CT molecular complexity index is 776. The van der Waals surface area contributed by atoms with E-state index in [4.69, 9.17) is 5.73 Å². The van der Waals surface area contributed by atoms with Gasteiger partial charge >= 0.3 is 5.65 Å². The van der Waals surface area contributed by atoms with Crippen LogP contribution in [0.5, 0.6) is 0 Å². The Kier molecular flexibility index (Phi) is 2.52. The summed E-state index contributed by atoms with van der Waals surface area (Å²) < 4.78 is 1.76. The van der Waals surface area contributed by atoms with Crippen molar-refractivity contribution in [2.24, 2.45) is 5.73 Å². The van der Waals surface area contributed by atoms with E-state index in [9.17, 15) is 4.79 Å². The van der Waals surface area contributed by atoms with Gasteiger partial charge in [-0.2, -0.15) is 0 Å². The molecule has 0 atom stereocenters. The molecule has 0 aliphatic carbocycles. The lowest BCUT2D eigenvalue weighted by Crippen LogP contribution is -2.28. The number of aromatic nitrogens is 3. The summed E-state index contributed by atoms with van der Waals surface area (Å²) in [6.45, 7) is 2.04. The third-order valence-electron chi connectivity index (χ3n) is 3.04. The quantitative estimate of drug-likeness (QED) is 0.674. The van der Waals surface area contributed by atoms with Gasteiger partial charge in [-0.05, 0) is 18.0 Å². The second-order valence-corrected chi connectivity index (χ2v) is 4.41. The normalized spacial score (nSPS) is 10.8. The number of nitrogens with two attached hydrogens (primary N) is 1. The van der Waals surface area contributed by atoms with Crippen LogP contribution in [0.1, 0.15) is 15.9 Å². The van der Waals surface area contributed by atoms with Crippen LogP contribution in [0.25, 0.3) is 16.9 Å². The molecule has 2 aromatic heterocycles. The molecule has 94 valence electrons. The average Bonchev–Trinajstić information content (AvgIpc) is 2.82. The minimum absolute atomic E-state index is 0.384. The number of benzene rings is 1. The smallest absolute Gasteiger partial charge is 0.361 e. The average molecular weight is 253 g/mol. The molecule has 0 bridgehead atoms. The second kappa shape index (κ2) is 4.20. The molecule has 0 radical (unpaired) electrons. The van der Waals surface area contributed by atoms with Gasteiger partial charge < -0.3 is 5.73 Å². The van der Waals surface area contributed by atoms with Crippen molar-refractivity contribution in [3.8, 4) is 11.3 Å². The Morgan fingerprint density at radius 3 is 2.95 bits per heavy atom. The molecule has 2 heterocycles. The van der Waals surface area contributed by atoms with Gasteiger partial charge in [0.2, 0.25) is 0 Å². The van der Waals surface area contributed by atoms with Crippen LogP contribution in [-0.2, 0) is 0 Å². The monoisotopic (exact) mass is 253 g/mol. The number of aryl methyl sites for hydroxylation is 1. The summed E-state index contributed by atoms with van der Waals surface area (Å²) >= 11 is 0. The first kappa shape index (κ1) is 11.4. The van der Waals surface area contributed by atoms with Crippen molar-refractivity contribution in [3.05, 3.63) is 53.9 Å². The van der Waals surface area contributed by atoms with E-state index in [0.29, 0.717) is 11.2 Å². The number of nitrogens with one attached hydrogen (secondary N) is 1. The van der Waals surface area contributed by atoms with Crippen LogP contribution < -0.4 is 10.2 Å². The third-order valence-corrected chi connectivity index (χ3v) is 3.04. The lowest BCUT2D eigenvalue weighted by Gasteiger charge is -2.00. The lowest BCUT2D eigenvalue weighted by atomic mass is 10.1. The van der Waals surface area contributed by atoms with E-state index in [1.165, 1.54) is 5.56 Å². The van der Waals surface area contributed by atoms with Gasteiger partial charge in [0.05, 0.1) is 6.20 Å². The van der Waals surface area contributed by atoms with Crippen molar-refractivity contribution < 1.29 is 9.31 Å². The first-order valence-electron chi connectivity index (χ1n) is 5.92. The summed E-state index contributed by atoms with van der Waals surface area (Å²) in [6, 6.07) is 10.0. The Morgan fingerprint density at radius 2 is 2.21 bits per heavy atom. The number of amides is 1. The fourth-order valence-electron chi connectivity index (χ4n) is 2.15. The fraction of sp³-hybridized carbons (Fsp3) is 0.0714. The number of fused-ring (bicyclic) bond motifs is 1. The highest BCUT2D eigenvalue weighted by Crippen LogP contribution is 2.17. The van der Waals surface area contributed by atoms with Crippen LogP contribution >= 0.6 is 0 Å². The van der Waals surface area contributed by atoms with E-state index in [1.807, 2.05) is 31.2 Å². The molecule has 19 heavy (non-hydrogen) atoms. The van der Waals surface area contributed by atoms with Gasteiger partial charge in [0.1, 0.15) is 6.20 Å². The SMILES string of the molecule is Cc1cccc(-c2ccnc3c(C(N)=O)c[nH][n+]23)c1. The molecule has 1 amide bonds.